The highest BCUT2D eigenvalue weighted by Crippen LogP contribution is 2.24. The summed E-state index contributed by atoms with van der Waals surface area (Å²) in [6.07, 6.45) is 5.48. The molecule has 102 valence electrons. The van der Waals surface area contributed by atoms with E-state index >= 15 is 0 Å². The quantitative estimate of drug-likeness (QED) is 0.923. The first kappa shape index (κ1) is 13.8. The number of aliphatic carboxylic acids is 1. The van der Waals surface area contributed by atoms with Crippen LogP contribution in [0.25, 0.3) is 0 Å². The molecule has 2 rings (SSSR count). The van der Waals surface area contributed by atoms with Gasteiger partial charge in [0.15, 0.2) is 0 Å². The molecule has 1 aromatic rings. The van der Waals surface area contributed by atoms with Gasteiger partial charge in [-0.3, -0.25) is 14.6 Å². The van der Waals surface area contributed by atoms with Crippen molar-refractivity contribution in [2.45, 2.75) is 31.7 Å². The van der Waals surface area contributed by atoms with Crippen molar-refractivity contribution in [1.29, 1.82) is 0 Å². The molecule has 19 heavy (non-hydrogen) atoms. The molecule has 2 heterocycles. The van der Waals surface area contributed by atoms with E-state index in [2.05, 4.69) is 4.98 Å². The van der Waals surface area contributed by atoms with Crippen LogP contribution in [0.3, 0.4) is 0 Å². The van der Waals surface area contributed by atoms with Gasteiger partial charge in [-0.2, -0.15) is 0 Å². The number of carboxylic acid groups (broad SMARTS) is 1. The fraction of sp³-hybridized carbons (Fsp3) is 0.462. The molecule has 1 saturated heterocycles. The van der Waals surface area contributed by atoms with Gasteiger partial charge in [0.25, 0.3) is 5.91 Å². The predicted octanol–water partition coefficient (Wildman–Crippen LogP) is 2.20. The number of rotatable bonds is 3. The van der Waals surface area contributed by atoms with Gasteiger partial charge in [0.2, 0.25) is 0 Å². The molecule has 5 nitrogen and oxygen atoms in total. The van der Waals surface area contributed by atoms with E-state index < -0.39 is 5.97 Å². The Labute approximate surface area is 116 Å². The summed E-state index contributed by atoms with van der Waals surface area (Å²) in [5, 5.41) is 9.26. The molecule has 1 atom stereocenters. The number of hydrogen-bond donors (Lipinski definition) is 1. The van der Waals surface area contributed by atoms with Crippen LogP contribution in [0.4, 0.5) is 0 Å². The number of nitrogens with zero attached hydrogens (tertiary/aromatic N) is 2. The molecular formula is C13H15ClN2O3. The van der Waals surface area contributed by atoms with Gasteiger partial charge in [-0.05, 0) is 25.3 Å². The molecule has 0 saturated carbocycles. The Hall–Kier alpha value is -1.62. The number of piperidine rings is 1. The molecule has 0 radical (unpaired) electrons. The summed E-state index contributed by atoms with van der Waals surface area (Å²) in [5.74, 6) is -1.12. The smallest absolute Gasteiger partial charge is 0.305 e. The fourth-order valence-corrected chi connectivity index (χ4v) is 2.56. The van der Waals surface area contributed by atoms with Crippen molar-refractivity contribution in [3.63, 3.8) is 0 Å². The minimum Gasteiger partial charge on any atom is -0.481 e. The Morgan fingerprint density at radius 2 is 2.26 bits per heavy atom. The summed E-state index contributed by atoms with van der Waals surface area (Å²) in [7, 11) is 0. The van der Waals surface area contributed by atoms with E-state index in [4.69, 9.17) is 16.7 Å². The molecule has 0 aliphatic carbocycles. The number of carbonyl (C=O) groups excluding carboxylic acids is 1. The van der Waals surface area contributed by atoms with Crippen LogP contribution in [-0.4, -0.2) is 39.5 Å². The zero-order valence-electron chi connectivity index (χ0n) is 10.4. The Morgan fingerprint density at radius 3 is 2.95 bits per heavy atom. The maximum Gasteiger partial charge on any atom is 0.305 e. The molecule has 1 aliphatic heterocycles. The number of aromatic nitrogens is 1. The minimum atomic E-state index is -0.887. The van der Waals surface area contributed by atoms with Crippen LogP contribution in [0.2, 0.25) is 5.02 Å². The van der Waals surface area contributed by atoms with Crippen LogP contribution in [0.15, 0.2) is 18.5 Å². The number of likely N-dealkylation sites (tertiary alicyclic amines) is 1. The second-order valence-corrected chi connectivity index (χ2v) is 5.01. The van der Waals surface area contributed by atoms with Gasteiger partial charge in [-0.15, -0.1) is 0 Å². The van der Waals surface area contributed by atoms with Crippen molar-refractivity contribution >= 4 is 23.5 Å². The van der Waals surface area contributed by atoms with Gasteiger partial charge in [0, 0.05) is 25.0 Å². The zero-order valence-corrected chi connectivity index (χ0v) is 11.1. The standard InChI is InChI=1S/C13H15ClN2O3/c14-11-4-5-15-8-10(11)13(19)16-6-2-1-3-9(16)7-12(17)18/h4-5,8-9H,1-3,6-7H2,(H,17,18). The fourth-order valence-electron chi connectivity index (χ4n) is 2.37. The van der Waals surface area contributed by atoms with Crippen molar-refractivity contribution < 1.29 is 14.7 Å². The summed E-state index contributed by atoms with van der Waals surface area (Å²) in [6, 6.07) is 1.31. The normalized spacial score (nSPS) is 19.2. The highest BCUT2D eigenvalue weighted by Gasteiger charge is 2.30. The molecule has 0 spiro atoms. The first-order valence-corrected chi connectivity index (χ1v) is 6.59. The molecule has 0 bridgehead atoms. The molecule has 1 fully saturated rings. The largest absolute Gasteiger partial charge is 0.481 e. The predicted molar refractivity (Wildman–Crippen MR) is 70.2 cm³/mol. The van der Waals surface area contributed by atoms with Crippen LogP contribution in [0, 0.1) is 0 Å². The molecule has 1 unspecified atom stereocenters. The van der Waals surface area contributed by atoms with Gasteiger partial charge in [-0.1, -0.05) is 11.6 Å². The van der Waals surface area contributed by atoms with E-state index in [1.54, 1.807) is 11.0 Å². The Balaban J connectivity index is 2.20. The molecular weight excluding hydrogens is 268 g/mol. The molecule has 1 aromatic heterocycles. The number of halogens is 1. The summed E-state index contributed by atoms with van der Waals surface area (Å²) in [6.45, 7) is 0.571. The third-order valence-corrected chi connectivity index (χ3v) is 3.63. The van der Waals surface area contributed by atoms with Gasteiger partial charge < -0.3 is 10.0 Å². The summed E-state index contributed by atoms with van der Waals surface area (Å²) < 4.78 is 0. The lowest BCUT2D eigenvalue weighted by molar-refractivity contribution is -0.138. The number of carbonyl (C=O) groups is 2. The van der Waals surface area contributed by atoms with Crippen molar-refractivity contribution in [1.82, 2.24) is 9.88 Å². The van der Waals surface area contributed by atoms with Crippen molar-refractivity contribution in [3.05, 3.63) is 29.0 Å². The highest BCUT2D eigenvalue weighted by molar-refractivity contribution is 6.33. The third kappa shape index (κ3) is 3.23. The first-order chi connectivity index (χ1) is 9.09. The summed E-state index contributed by atoms with van der Waals surface area (Å²) in [4.78, 5) is 28.8. The number of amides is 1. The number of hydrogen-bond acceptors (Lipinski definition) is 3. The topological polar surface area (TPSA) is 70.5 Å². The van der Waals surface area contributed by atoms with Gasteiger partial charge in [0.1, 0.15) is 0 Å². The second-order valence-electron chi connectivity index (χ2n) is 4.60. The number of pyridine rings is 1. The first-order valence-electron chi connectivity index (χ1n) is 6.22. The zero-order chi connectivity index (χ0) is 13.8. The molecule has 1 amide bonds. The van der Waals surface area contributed by atoms with Gasteiger partial charge in [0.05, 0.1) is 17.0 Å². The third-order valence-electron chi connectivity index (χ3n) is 3.30. The monoisotopic (exact) mass is 282 g/mol. The lowest BCUT2D eigenvalue weighted by Crippen LogP contribution is -2.44. The second kappa shape index (κ2) is 6.02. The van der Waals surface area contributed by atoms with E-state index in [9.17, 15) is 9.59 Å². The highest BCUT2D eigenvalue weighted by atomic mass is 35.5. The maximum absolute atomic E-state index is 12.4. The number of carboxylic acids is 1. The van der Waals surface area contributed by atoms with Gasteiger partial charge >= 0.3 is 5.97 Å². The van der Waals surface area contributed by atoms with Crippen LogP contribution < -0.4 is 0 Å². The minimum absolute atomic E-state index is 0.0242. The molecule has 1 aliphatic rings. The van der Waals surface area contributed by atoms with Crippen molar-refractivity contribution in [2.24, 2.45) is 0 Å². The van der Waals surface area contributed by atoms with E-state index in [-0.39, 0.29) is 18.4 Å². The van der Waals surface area contributed by atoms with Crippen molar-refractivity contribution in [3.8, 4) is 0 Å². The van der Waals surface area contributed by atoms with E-state index in [0.717, 1.165) is 19.3 Å². The molecule has 6 heteroatoms. The molecule has 1 N–H and O–H groups in total. The summed E-state index contributed by atoms with van der Waals surface area (Å²) in [5.41, 5.74) is 0.335. The van der Waals surface area contributed by atoms with Crippen LogP contribution in [-0.2, 0) is 4.79 Å². The van der Waals surface area contributed by atoms with E-state index in [0.29, 0.717) is 17.1 Å². The summed E-state index contributed by atoms with van der Waals surface area (Å²) >= 11 is 5.99. The Morgan fingerprint density at radius 1 is 1.47 bits per heavy atom. The van der Waals surface area contributed by atoms with Crippen LogP contribution in [0.5, 0.6) is 0 Å². The average Bonchev–Trinajstić information content (AvgIpc) is 2.38. The van der Waals surface area contributed by atoms with Gasteiger partial charge in [-0.25, -0.2) is 0 Å². The Bertz CT molecular complexity index is 493. The average molecular weight is 283 g/mol. The van der Waals surface area contributed by atoms with E-state index in [1.165, 1.54) is 12.4 Å². The lowest BCUT2D eigenvalue weighted by Gasteiger charge is -2.35. The molecule has 0 aromatic carbocycles. The Kier molecular flexibility index (Phi) is 4.37. The van der Waals surface area contributed by atoms with Crippen LogP contribution >= 0.6 is 11.6 Å². The SMILES string of the molecule is O=C(O)CC1CCCCN1C(=O)c1cnccc1Cl. The lowest BCUT2D eigenvalue weighted by atomic mass is 9.98. The van der Waals surface area contributed by atoms with Crippen molar-refractivity contribution in [2.75, 3.05) is 6.54 Å². The maximum atomic E-state index is 12.4. The van der Waals surface area contributed by atoms with E-state index in [1.807, 2.05) is 0 Å². The van der Waals surface area contributed by atoms with Crippen LogP contribution in [0.1, 0.15) is 36.0 Å².